The summed E-state index contributed by atoms with van der Waals surface area (Å²) in [7, 11) is -3.71. The Labute approximate surface area is 139 Å². The number of sulfonamides is 1. The van der Waals surface area contributed by atoms with Crippen LogP contribution in [0.25, 0.3) is 0 Å². The molecule has 8 nitrogen and oxygen atoms in total. The van der Waals surface area contributed by atoms with E-state index in [1.54, 1.807) is 0 Å². The average Bonchev–Trinajstić information content (AvgIpc) is 2.48. The minimum atomic E-state index is -3.71. The van der Waals surface area contributed by atoms with Crippen molar-refractivity contribution in [2.45, 2.75) is 20.0 Å². The topological polar surface area (TPSA) is 129 Å². The first kappa shape index (κ1) is 19.6. The molecule has 10 heteroatoms. The Morgan fingerprint density at radius 1 is 1.43 bits per heavy atom. The van der Waals surface area contributed by atoms with Gasteiger partial charge in [0.05, 0.1) is 17.4 Å². The van der Waals surface area contributed by atoms with E-state index in [0.29, 0.717) is 5.02 Å². The number of aromatic nitrogens is 1. The highest BCUT2D eigenvalue weighted by molar-refractivity contribution is 7.92. The van der Waals surface area contributed by atoms with Crippen molar-refractivity contribution < 1.29 is 23.4 Å². The Balaban J connectivity index is 2.51. The van der Waals surface area contributed by atoms with Crippen LogP contribution in [0.4, 0.5) is 5.82 Å². The first-order valence-corrected chi connectivity index (χ1v) is 8.79. The van der Waals surface area contributed by atoms with Crippen LogP contribution in [0.2, 0.25) is 5.02 Å². The number of anilines is 1. The second-order valence-corrected chi connectivity index (χ2v) is 7.90. The Morgan fingerprint density at radius 3 is 2.61 bits per heavy atom. The van der Waals surface area contributed by atoms with Crippen molar-refractivity contribution >= 4 is 33.3 Å². The van der Waals surface area contributed by atoms with Gasteiger partial charge in [0.25, 0.3) is 0 Å². The largest absolute Gasteiger partial charge is 0.396 e. The molecule has 0 saturated carbocycles. The first-order chi connectivity index (χ1) is 10.6. The fraction of sp³-hybridized carbons (Fsp3) is 0.538. The lowest BCUT2D eigenvalue weighted by Gasteiger charge is -2.27. The minimum Gasteiger partial charge on any atom is -0.396 e. The lowest BCUT2D eigenvalue weighted by Crippen LogP contribution is -2.46. The number of carbonyl (C=O) groups excluding carboxylic acids is 1. The molecule has 1 heterocycles. The lowest BCUT2D eigenvalue weighted by molar-refractivity contribution is -0.136. The predicted molar refractivity (Wildman–Crippen MR) is 86.5 cm³/mol. The fourth-order valence-electron chi connectivity index (χ4n) is 1.49. The van der Waals surface area contributed by atoms with Gasteiger partial charge in [0.2, 0.25) is 15.9 Å². The molecule has 0 fully saturated rings. The predicted octanol–water partition coefficient (Wildman–Crippen LogP) is -0.0277. The van der Waals surface area contributed by atoms with Crippen LogP contribution < -0.4 is 10.0 Å². The van der Waals surface area contributed by atoms with Gasteiger partial charge in [-0.05, 0) is 12.1 Å². The third-order valence-electron chi connectivity index (χ3n) is 3.05. The van der Waals surface area contributed by atoms with Crippen LogP contribution in [-0.4, -0.2) is 54.5 Å². The van der Waals surface area contributed by atoms with E-state index in [-0.39, 0.29) is 19.0 Å². The number of amides is 1. The van der Waals surface area contributed by atoms with E-state index in [1.165, 1.54) is 32.2 Å². The molecule has 0 bridgehead atoms. The molecule has 1 rings (SSSR count). The molecule has 0 spiro atoms. The number of halogens is 1. The molecule has 0 aliphatic rings. The van der Waals surface area contributed by atoms with Gasteiger partial charge in [-0.3, -0.25) is 9.52 Å². The van der Waals surface area contributed by atoms with Crippen molar-refractivity contribution in [3.63, 3.8) is 0 Å². The van der Waals surface area contributed by atoms with E-state index in [1.807, 2.05) is 0 Å². The van der Waals surface area contributed by atoms with Crippen LogP contribution in [0.5, 0.6) is 0 Å². The molecule has 1 aromatic rings. The highest BCUT2D eigenvalue weighted by atomic mass is 35.5. The Hall–Kier alpha value is -1.42. The van der Waals surface area contributed by atoms with Gasteiger partial charge in [0.15, 0.2) is 0 Å². The molecular weight excluding hydrogens is 346 g/mol. The molecule has 4 N–H and O–H groups in total. The van der Waals surface area contributed by atoms with Gasteiger partial charge in [0, 0.05) is 18.2 Å². The molecule has 23 heavy (non-hydrogen) atoms. The molecule has 0 aliphatic carbocycles. The second-order valence-electron chi connectivity index (χ2n) is 5.62. The highest BCUT2D eigenvalue weighted by Crippen LogP contribution is 2.19. The van der Waals surface area contributed by atoms with Crippen LogP contribution in [-0.2, 0) is 14.8 Å². The summed E-state index contributed by atoms with van der Waals surface area (Å²) in [6, 6.07) is 2.90. The van der Waals surface area contributed by atoms with Gasteiger partial charge in [-0.1, -0.05) is 25.4 Å². The maximum absolute atomic E-state index is 11.9. The quantitative estimate of drug-likeness (QED) is 0.512. The van der Waals surface area contributed by atoms with Gasteiger partial charge in [0.1, 0.15) is 11.9 Å². The van der Waals surface area contributed by atoms with E-state index >= 15 is 0 Å². The molecule has 1 amide bonds. The molecule has 0 aliphatic heterocycles. The molecule has 1 atom stereocenters. The fourth-order valence-corrected chi connectivity index (χ4v) is 2.52. The number of hydrogen-bond acceptors (Lipinski definition) is 6. The number of carbonyl (C=O) groups is 1. The smallest absolute Gasteiger partial charge is 0.249 e. The molecule has 1 aromatic heterocycles. The van der Waals surface area contributed by atoms with E-state index in [4.69, 9.17) is 16.7 Å². The maximum Gasteiger partial charge on any atom is 0.249 e. The van der Waals surface area contributed by atoms with Crippen LogP contribution in [0.1, 0.15) is 13.8 Å². The summed E-state index contributed by atoms with van der Waals surface area (Å²) < 4.78 is 25.9. The molecule has 0 aromatic carbocycles. The number of rotatable bonds is 8. The van der Waals surface area contributed by atoms with Crippen molar-refractivity contribution in [1.29, 1.82) is 0 Å². The third kappa shape index (κ3) is 6.30. The van der Waals surface area contributed by atoms with Gasteiger partial charge in [-0.25, -0.2) is 13.4 Å². The summed E-state index contributed by atoms with van der Waals surface area (Å²) in [6.07, 6.45) is -0.143. The van der Waals surface area contributed by atoms with Gasteiger partial charge >= 0.3 is 0 Å². The molecular formula is C13H20ClN3O5S. The molecule has 0 saturated heterocycles. The second kappa shape index (κ2) is 7.91. The summed E-state index contributed by atoms with van der Waals surface area (Å²) in [6.45, 7) is 2.45. The summed E-state index contributed by atoms with van der Waals surface area (Å²) in [5.74, 6) is -1.03. The van der Waals surface area contributed by atoms with Crippen LogP contribution in [0, 0.1) is 5.41 Å². The summed E-state index contributed by atoms with van der Waals surface area (Å²) in [5.41, 5.74) is -1.02. The minimum absolute atomic E-state index is 0.113. The Morgan fingerprint density at radius 2 is 2.09 bits per heavy atom. The Bertz CT molecular complexity index is 634. The zero-order valence-electron chi connectivity index (χ0n) is 12.8. The van der Waals surface area contributed by atoms with E-state index in [0.717, 1.165) is 0 Å². The van der Waals surface area contributed by atoms with Crippen molar-refractivity contribution in [3.05, 3.63) is 23.4 Å². The van der Waals surface area contributed by atoms with Crippen LogP contribution in [0.3, 0.4) is 0 Å². The lowest BCUT2D eigenvalue weighted by atomic mass is 9.87. The standard InChI is InChI=1S/C13H20ClN3O5S/c1-13(2,8-18)11(19)12(20)15-5-6-23(21,22)17-10-4-3-9(14)7-16-10/h3-4,7,11,18-19H,5-6,8H2,1-2H3,(H,15,20)(H,16,17)/t11-/m1/s1. The van der Waals surface area contributed by atoms with Crippen molar-refractivity contribution in [2.24, 2.45) is 5.41 Å². The van der Waals surface area contributed by atoms with E-state index in [2.05, 4.69) is 15.0 Å². The maximum atomic E-state index is 11.9. The number of aliphatic hydroxyl groups is 2. The van der Waals surface area contributed by atoms with Gasteiger partial charge in [-0.2, -0.15) is 0 Å². The number of nitrogens with zero attached hydrogens (tertiary/aromatic N) is 1. The highest BCUT2D eigenvalue weighted by Gasteiger charge is 2.32. The molecule has 0 radical (unpaired) electrons. The first-order valence-electron chi connectivity index (χ1n) is 6.76. The van der Waals surface area contributed by atoms with Gasteiger partial charge < -0.3 is 15.5 Å². The zero-order valence-corrected chi connectivity index (χ0v) is 14.4. The van der Waals surface area contributed by atoms with Crippen molar-refractivity contribution in [1.82, 2.24) is 10.3 Å². The Kier molecular flexibility index (Phi) is 6.75. The monoisotopic (exact) mass is 365 g/mol. The summed E-state index contributed by atoms with van der Waals surface area (Å²) in [4.78, 5) is 15.5. The average molecular weight is 366 g/mol. The van der Waals surface area contributed by atoms with Crippen molar-refractivity contribution in [3.8, 4) is 0 Å². The van der Waals surface area contributed by atoms with E-state index in [9.17, 15) is 18.3 Å². The number of hydrogen-bond donors (Lipinski definition) is 4. The van der Waals surface area contributed by atoms with E-state index < -0.39 is 33.2 Å². The van der Waals surface area contributed by atoms with Crippen molar-refractivity contribution in [2.75, 3.05) is 23.6 Å². The third-order valence-corrected chi connectivity index (χ3v) is 4.54. The zero-order chi connectivity index (χ0) is 17.7. The number of nitrogens with one attached hydrogen (secondary N) is 2. The van der Waals surface area contributed by atoms with Gasteiger partial charge in [-0.15, -0.1) is 0 Å². The van der Waals surface area contributed by atoms with Crippen LogP contribution in [0.15, 0.2) is 18.3 Å². The molecule has 130 valence electrons. The number of pyridine rings is 1. The molecule has 0 unspecified atom stereocenters. The summed E-state index contributed by atoms with van der Waals surface area (Å²) in [5, 5.41) is 21.6. The summed E-state index contributed by atoms with van der Waals surface area (Å²) >= 11 is 5.65. The number of aliphatic hydroxyl groups excluding tert-OH is 2. The van der Waals surface area contributed by atoms with Crippen LogP contribution >= 0.6 is 11.6 Å². The SMILES string of the molecule is CC(C)(CO)[C@H](O)C(=O)NCCS(=O)(=O)Nc1ccc(Cl)cn1. The normalized spacial score (nSPS) is 13.4.